The molecule has 0 saturated carbocycles. The molecule has 2 fully saturated rings. The second kappa shape index (κ2) is 12.6. The van der Waals surface area contributed by atoms with Crippen molar-refractivity contribution < 1.29 is 41.7 Å². The minimum Gasteiger partial charge on any atom is -0.772 e. The van der Waals surface area contributed by atoms with Crippen molar-refractivity contribution in [2.75, 3.05) is 32.8 Å². The highest BCUT2D eigenvalue weighted by atomic mass is 79.9. The van der Waals surface area contributed by atoms with E-state index in [4.69, 9.17) is 9.47 Å². The summed E-state index contributed by atoms with van der Waals surface area (Å²) in [6, 6.07) is 12.5. The Hall–Kier alpha value is -2.07. The number of ether oxygens (including phenoxy) is 2. The fourth-order valence-corrected chi connectivity index (χ4v) is 7.49. The van der Waals surface area contributed by atoms with E-state index >= 15 is 0 Å². The maximum absolute atomic E-state index is 13.1. The zero-order valence-corrected chi connectivity index (χ0v) is 24.2. The molecule has 2 aromatic carbocycles. The van der Waals surface area contributed by atoms with Gasteiger partial charge in [0.2, 0.25) is 10.0 Å². The van der Waals surface area contributed by atoms with Gasteiger partial charge in [-0.1, -0.05) is 45.2 Å². The number of rotatable bonds is 10. The molecular formula is C25H30BrN2O9S2-. The molecule has 2 N–H and O–H groups in total. The van der Waals surface area contributed by atoms with Crippen LogP contribution in [0.5, 0.6) is 5.75 Å². The molecule has 1 spiro atoms. The number of aliphatic hydroxyl groups is 1. The molecular weight excluding hydrogens is 616 g/mol. The number of sulfonamides is 1. The van der Waals surface area contributed by atoms with Crippen LogP contribution in [0.4, 0.5) is 4.79 Å². The average molecular weight is 647 g/mol. The van der Waals surface area contributed by atoms with Gasteiger partial charge in [-0.15, -0.1) is 0 Å². The molecule has 2 aliphatic heterocycles. The van der Waals surface area contributed by atoms with Crippen molar-refractivity contribution in [3.63, 3.8) is 0 Å². The largest absolute Gasteiger partial charge is 0.772 e. The van der Waals surface area contributed by atoms with Crippen molar-refractivity contribution in [1.82, 2.24) is 9.21 Å². The third kappa shape index (κ3) is 7.57. The third-order valence-corrected chi connectivity index (χ3v) is 9.93. The third-order valence-electron chi connectivity index (χ3n) is 6.98. The number of hydrogen-bond donors (Lipinski definition) is 2. The molecule has 2 aliphatic rings. The Morgan fingerprint density at radius 3 is 2.64 bits per heavy atom. The first-order valence-corrected chi connectivity index (χ1v) is 15.8. The van der Waals surface area contributed by atoms with Gasteiger partial charge in [-0.25, -0.2) is 13.2 Å². The van der Waals surface area contributed by atoms with E-state index in [-0.39, 0.29) is 43.5 Å². The lowest BCUT2D eigenvalue weighted by molar-refractivity contribution is -0.0319. The Morgan fingerprint density at radius 1 is 1.26 bits per heavy atom. The number of carboxylic acid groups (broad SMARTS) is 1. The van der Waals surface area contributed by atoms with Crippen LogP contribution in [0.15, 0.2) is 57.9 Å². The number of carbonyl (C=O) groups is 1. The predicted octanol–water partition coefficient (Wildman–Crippen LogP) is 2.56. The van der Waals surface area contributed by atoms with Gasteiger partial charge in [-0.3, -0.25) is 4.21 Å². The lowest BCUT2D eigenvalue weighted by atomic mass is 9.88. The topological polar surface area (TPSA) is 157 Å². The molecule has 2 unspecified atom stereocenters. The van der Waals surface area contributed by atoms with Crippen LogP contribution in [0, 0.1) is 0 Å². The van der Waals surface area contributed by atoms with E-state index in [9.17, 15) is 32.2 Å². The quantitative estimate of drug-likeness (QED) is 0.371. The number of benzene rings is 2. The van der Waals surface area contributed by atoms with Crippen molar-refractivity contribution in [3.05, 3.63) is 58.6 Å². The first kappa shape index (κ1) is 29.9. The highest BCUT2D eigenvalue weighted by Gasteiger charge is 2.47. The van der Waals surface area contributed by atoms with Crippen LogP contribution in [-0.2, 0) is 31.6 Å². The molecule has 0 radical (unpaired) electrons. The fraction of sp³-hybridized carbons (Fsp3) is 0.480. The van der Waals surface area contributed by atoms with Crippen molar-refractivity contribution >= 4 is 43.1 Å². The first-order valence-electron chi connectivity index (χ1n) is 12.3. The summed E-state index contributed by atoms with van der Waals surface area (Å²) in [6.45, 7) is 0.267. The van der Waals surface area contributed by atoms with Crippen LogP contribution in [0.25, 0.3) is 0 Å². The Morgan fingerprint density at radius 2 is 1.97 bits per heavy atom. The van der Waals surface area contributed by atoms with Gasteiger partial charge in [-0.2, -0.15) is 4.31 Å². The van der Waals surface area contributed by atoms with Gasteiger partial charge in [0.05, 0.1) is 29.7 Å². The molecule has 2 heterocycles. The molecule has 4 rings (SSSR count). The van der Waals surface area contributed by atoms with Crippen molar-refractivity contribution in [3.8, 4) is 5.75 Å². The summed E-state index contributed by atoms with van der Waals surface area (Å²) < 4.78 is 61.7. The van der Waals surface area contributed by atoms with E-state index < -0.39 is 44.9 Å². The van der Waals surface area contributed by atoms with Gasteiger partial charge in [0.1, 0.15) is 18.5 Å². The van der Waals surface area contributed by atoms with E-state index in [1.54, 1.807) is 48.5 Å². The summed E-state index contributed by atoms with van der Waals surface area (Å²) in [5, 5.41) is 20.4. The number of hydrogen-bond acceptors (Lipinski definition) is 8. The normalized spacial score (nSPS) is 20.9. The second-order valence-electron chi connectivity index (χ2n) is 9.71. The SMILES string of the molecule is O=C(O)N(C[C@H](O)COc1cccc(CS(=O)[O-])c1)C1COC2(CCN(S(=O)(=O)c3cccc(Br)c3)CC2)C1. The molecule has 3 atom stereocenters. The smallest absolute Gasteiger partial charge is 0.407 e. The van der Waals surface area contributed by atoms with E-state index in [1.165, 1.54) is 4.31 Å². The minimum atomic E-state index is -3.66. The minimum absolute atomic E-state index is 0.145. The summed E-state index contributed by atoms with van der Waals surface area (Å²) in [5.74, 6) is 0.204. The summed E-state index contributed by atoms with van der Waals surface area (Å²) in [6.07, 6.45) is -1.08. The molecule has 2 aromatic rings. The van der Waals surface area contributed by atoms with Gasteiger partial charge >= 0.3 is 6.09 Å². The molecule has 1 amide bonds. The fourth-order valence-electron chi connectivity index (χ4n) is 5.00. The molecule has 2 saturated heterocycles. The molecule has 39 heavy (non-hydrogen) atoms. The van der Waals surface area contributed by atoms with E-state index in [0.717, 1.165) is 4.90 Å². The van der Waals surface area contributed by atoms with E-state index in [2.05, 4.69) is 15.9 Å². The van der Waals surface area contributed by atoms with Gasteiger partial charge < -0.3 is 29.1 Å². The van der Waals surface area contributed by atoms with Crippen molar-refractivity contribution in [1.29, 1.82) is 0 Å². The van der Waals surface area contributed by atoms with Crippen LogP contribution >= 0.6 is 15.9 Å². The van der Waals surface area contributed by atoms with Gasteiger partial charge in [0.25, 0.3) is 0 Å². The Bertz CT molecular complexity index is 1300. The lowest BCUT2D eigenvalue weighted by Gasteiger charge is -2.38. The van der Waals surface area contributed by atoms with Crippen molar-refractivity contribution in [2.45, 2.75) is 47.7 Å². The zero-order valence-electron chi connectivity index (χ0n) is 21.0. The summed E-state index contributed by atoms with van der Waals surface area (Å²) in [5.41, 5.74) is -0.100. The number of piperidine rings is 1. The second-order valence-corrected chi connectivity index (χ2v) is 13.5. The van der Waals surface area contributed by atoms with Crippen LogP contribution < -0.4 is 4.74 Å². The van der Waals surface area contributed by atoms with E-state index in [0.29, 0.717) is 35.0 Å². The first-order chi connectivity index (χ1) is 18.5. The summed E-state index contributed by atoms with van der Waals surface area (Å²) >= 11 is 1.06. The molecule has 214 valence electrons. The maximum atomic E-state index is 13.1. The van der Waals surface area contributed by atoms with Gasteiger partial charge in [-0.05, 0) is 55.2 Å². The molecule has 14 heteroatoms. The Kier molecular flexibility index (Phi) is 9.68. The van der Waals surface area contributed by atoms with Crippen LogP contribution in [0.3, 0.4) is 0 Å². The molecule has 11 nitrogen and oxygen atoms in total. The highest BCUT2D eigenvalue weighted by molar-refractivity contribution is 9.10. The average Bonchev–Trinajstić information content (AvgIpc) is 3.28. The van der Waals surface area contributed by atoms with Gasteiger partial charge in [0.15, 0.2) is 0 Å². The van der Waals surface area contributed by atoms with E-state index in [1.807, 2.05) is 0 Å². The maximum Gasteiger partial charge on any atom is 0.407 e. The summed E-state index contributed by atoms with van der Waals surface area (Å²) in [4.78, 5) is 13.4. The van der Waals surface area contributed by atoms with Crippen LogP contribution in [-0.4, -0.2) is 93.3 Å². The molecule has 0 bridgehead atoms. The zero-order chi connectivity index (χ0) is 28.2. The Balaban J connectivity index is 1.32. The molecule has 0 aromatic heterocycles. The summed E-state index contributed by atoms with van der Waals surface area (Å²) in [7, 11) is -3.66. The lowest BCUT2D eigenvalue weighted by Crippen LogP contribution is -2.48. The Labute approximate surface area is 238 Å². The van der Waals surface area contributed by atoms with Crippen LogP contribution in [0.1, 0.15) is 24.8 Å². The highest BCUT2D eigenvalue weighted by Crippen LogP contribution is 2.39. The number of amides is 1. The number of nitrogens with zero attached hydrogens (tertiary/aromatic N) is 2. The van der Waals surface area contributed by atoms with Gasteiger partial charge in [0, 0.05) is 23.3 Å². The van der Waals surface area contributed by atoms with Crippen molar-refractivity contribution in [2.24, 2.45) is 0 Å². The van der Waals surface area contributed by atoms with Crippen LogP contribution in [0.2, 0.25) is 0 Å². The number of halogens is 1. The standard InChI is InChI=1S/C25H31BrN2O9S2/c26-19-4-2-6-23(12-19)39(34,35)27-9-7-25(8-10-27)13-20(15-37-25)28(24(30)31)14-21(29)16-36-22-5-1-3-18(11-22)17-38(32)33/h1-6,11-12,20-21,29H,7-10,13-17H2,(H,30,31)(H,32,33)/p-1/t20?,21-/m0/s1. The molecule has 0 aliphatic carbocycles. The predicted molar refractivity (Wildman–Crippen MR) is 145 cm³/mol. The monoisotopic (exact) mass is 645 g/mol. The number of aliphatic hydroxyl groups excluding tert-OH is 1.